The van der Waals surface area contributed by atoms with Crippen LogP contribution in [-0.2, 0) is 0 Å². The average Bonchev–Trinajstić information content (AvgIpc) is 3.98. The molecule has 0 aliphatic carbocycles. The summed E-state index contributed by atoms with van der Waals surface area (Å²) < 4.78 is 11.2. The van der Waals surface area contributed by atoms with Crippen molar-refractivity contribution in [2.45, 2.75) is 0 Å². The summed E-state index contributed by atoms with van der Waals surface area (Å²) in [6, 6.07) is 64.3. The summed E-state index contributed by atoms with van der Waals surface area (Å²) in [6.45, 7) is 0. The second-order valence-corrected chi connectivity index (χ2v) is 16.1. The van der Waals surface area contributed by atoms with Gasteiger partial charge in [0.2, 0.25) is 0 Å². The highest BCUT2D eigenvalue weighted by Crippen LogP contribution is 2.47. The minimum atomic E-state index is 0.601. The molecule has 9 aromatic carbocycles. The number of nitrogens with zero attached hydrogens (tertiary/aromatic N) is 4. The number of furan rings is 1. The Bertz CT molecular complexity index is 3860. The van der Waals surface area contributed by atoms with Crippen LogP contribution >= 0.6 is 11.3 Å². The third kappa shape index (κ3) is 4.81. The Morgan fingerprint density at radius 3 is 1.93 bits per heavy atom. The van der Waals surface area contributed by atoms with E-state index in [4.69, 9.17) is 19.4 Å². The van der Waals surface area contributed by atoms with Crippen molar-refractivity contribution in [1.29, 1.82) is 0 Å². The van der Waals surface area contributed by atoms with Gasteiger partial charge >= 0.3 is 0 Å². The van der Waals surface area contributed by atoms with Crippen LogP contribution in [0.25, 0.3) is 125 Å². The Labute approximate surface area is 341 Å². The first-order chi connectivity index (χ1) is 29.2. The van der Waals surface area contributed by atoms with Gasteiger partial charge in [-0.05, 0) is 64.0 Å². The summed E-state index contributed by atoms with van der Waals surface area (Å²) in [5.41, 5.74) is 7.89. The van der Waals surface area contributed by atoms with E-state index in [0.717, 1.165) is 49.0 Å². The fraction of sp³-hybridized carbons (Fsp3) is 0. The van der Waals surface area contributed by atoms with E-state index in [0.29, 0.717) is 17.5 Å². The van der Waals surface area contributed by atoms with Crippen molar-refractivity contribution < 1.29 is 4.42 Å². The number of para-hydroxylation sites is 2. The molecular formula is C53H30N4OS. The lowest BCUT2D eigenvalue weighted by Gasteiger charge is -2.14. The molecule has 0 spiro atoms. The molecule has 0 amide bonds. The zero-order chi connectivity index (χ0) is 38.6. The molecule has 0 bridgehead atoms. The van der Waals surface area contributed by atoms with Gasteiger partial charge in [0.25, 0.3) is 0 Å². The maximum Gasteiger partial charge on any atom is 0.165 e. The standard InChI is InChI=1S/C53H30N4OS/c1-2-14-32(15-3-1)51-54-52(39-21-12-24-46-47(39)37-20-9-11-23-45(37)58-46)56-53(55-51)40-27-28-43(48-38-26-25-31-13-6-7-18-35(31)49(38)59-50(40)48)57-42-22-10-8-19-36(42)41-29-33-16-4-5-17-34(33)30-44(41)57/h1-30H. The number of rotatable bonds is 4. The van der Waals surface area contributed by atoms with E-state index >= 15 is 0 Å². The Kier molecular flexibility index (Phi) is 6.82. The van der Waals surface area contributed by atoms with Gasteiger partial charge in [0.15, 0.2) is 17.5 Å². The molecule has 13 rings (SSSR count). The van der Waals surface area contributed by atoms with Crippen LogP contribution in [0.1, 0.15) is 0 Å². The summed E-state index contributed by atoms with van der Waals surface area (Å²) in [5, 5.41) is 11.8. The first-order valence-corrected chi connectivity index (χ1v) is 20.6. The molecule has 0 unspecified atom stereocenters. The first kappa shape index (κ1) is 32.4. The van der Waals surface area contributed by atoms with Gasteiger partial charge in [0, 0.05) is 58.4 Å². The zero-order valence-corrected chi connectivity index (χ0v) is 32.2. The first-order valence-electron chi connectivity index (χ1n) is 19.8. The van der Waals surface area contributed by atoms with E-state index in [-0.39, 0.29) is 0 Å². The van der Waals surface area contributed by atoms with E-state index < -0.39 is 0 Å². The minimum absolute atomic E-state index is 0.601. The minimum Gasteiger partial charge on any atom is -0.456 e. The molecule has 0 aliphatic rings. The molecule has 274 valence electrons. The summed E-state index contributed by atoms with van der Waals surface area (Å²) in [7, 11) is 0. The van der Waals surface area contributed by atoms with Crippen molar-refractivity contribution in [3.63, 3.8) is 0 Å². The van der Waals surface area contributed by atoms with E-state index in [9.17, 15) is 0 Å². The summed E-state index contributed by atoms with van der Waals surface area (Å²) >= 11 is 1.82. The number of fused-ring (bicyclic) bond motifs is 12. The van der Waals surface area contributed by atoms with Crippen molar-refractivity contribution in [2.24, 2.45) is 0 Å². The number of aromatic nitrogens is 4. The molecule has 0 aliphatic heterocycles. The molecule has 0 radical (unpaired) electrons. The second-order valence-electron chi connectivity index (χ2n) is 15.1. The van der Waals surface area contributed by atoms with Crippen LogP contribution in [0, 0.1) is 0 Å². The lowest BCUT2D eigenvalue weighted by molar-refractivity contribution is 0.669. The lowest BCUT2D eigenvalue weighted by atomic mass is 10.0. The molecule has 0 saturated carbocycles. The van der Waals surface area contributed by atoms with Crippen molar-refractivity contribution >= 4 is 96.8 Å². The van der Waals surface area contributed by atoms with Gasteiger partial charge in [-0.15, -0.1) is 11.3 Å². The summed E-state index contributed by atoms with van der Waals surface area (Å²) in [4.78, 5) is 15.9. The van der Waals surface area contributed by atoms with Gasteiger partial charge in [-0.2, -0.15) is 0 Å². The highest BCUT2D eigenvalue weighted by atomic mass is 32.1. The monoisotopic (exact) mass is 770 g/mol. The third-order valence-electron chi connectivity index (χ3n) is 11.8. The van der Waals surface area contributed by atoms with Gasteiger partial charge < -0.3 is 8.98 Å². The van der Waals surface area contributed by atoms with E-state index in [1.54, 1.807) is 0 Å². The Hall–Kier alpha value is -7.67. The normalized spacial score (nSPS) is 12.1. The Morgan fingerprint density at radius 2 is 1.07 bits per heavy atom. The Morgan fingerprint density at radius 1 is 0.390 bits per heavy atom. The van der Waals surface area contributed by atoms with Gasteiger partial charge in [-0.1, -0.05) is 140 Å². The van der Waals surface area contributed by atoms with Gasteiger partial charge in [0.1, 0.15) is 11.2 Å². The van der Waals surface area contributed by atoms with Crippen molar-refractivity contribution in [3.05, 3.63) is 182 Å². The van der Waals surface area contributed by atoms with Gasteiger partial charge in [0.05, 0.1) is 16.7 Å². The fourth-order valence-corrected chi connectivity index (χ4v) is 10.5. The summed E-state index contributed by atoms with van der Waals surface area (Å²) in [6.07, 6.45) is 0. The molecule has 4 heterocycles. The predicted molar refractivity (Wildman–Crippen MR) is 246 cm³/mol. The molecule has 0 saturated heterocycles. The predicted octanol–water partition coefficient (Wildman–Crippen LogP) is 14.5. The molecule has 5 nitrogen and oxygen atoms in total. The van der Waals surface area contributed by atoms with Crippen molar-refractivity contribution in [3.8, 4) is 39.9 Å². The largest absolute Gasteiger partial charge is 0.456 e. The SMILES string of the molecule is c1ccc(-c2nc(-c3ccc(-n4c5ccccc5c5cc6ccccc6cc54)c4c3sc3c5ccccc5ccc34)nc(-c3cccc4oc5ccccc5c34)n2)cc1. The fourth-order valence-electron chi connectivity index (χ4n) is 9.16. The van der Waals surface area contributed by atoms with E-state index in [1.165, 1.54) is 58.8 Å². The zero-order valence-electron chi connectivity index (χ0n) is 31.4. The molecular weight excluding hydrogens is 741 g/mol. The van der Waals surface area contributed by atoms with E-state index in [1.807, 2.05) is 59.9 Å². The van der Waals surface area contributed by atoms with Crippen LogP contribution in [-0.4, -0.2) is 19.5 Å². The molecule has 0 fully saturated rings. The van der Waals surface area contributed by atoms with Crippen LogP contribution in [0.4, 0.5) is 0 Å². The summed E-state index contributed by atoms with van der Waals surface area (Å²) in [5.74, 6) is 1.84. The topological polar surface area (TPSA) is 56.7 Å². The molecule has 13 aromatic rings. The number of hydrogen-bond acceptors (Lipinski definition) is 5. The second kappa shape index (κ2) is 12.4. The molecule has 0 atom stereocenters. The van der Waals surface area contributed by atoms with Crippen LogP contribution in [0.3, 0.4) is 0 Å². The maximum absolute atomic E-state index is 6.33. The highest BCUT2D eigenvalue weighted by Gasteiger charge is 2.24. The maximum atomic E-state index is 6.33. The Balaban J connectivity index is 1.15. The smallest absolute Gasteiger partial charge is 0.165 e. The van der Waals surface area contributed by atoms with Gasteiger partial charge in [-0.25, -0.2) is 15.0 Å². The van der Waals surface area contributed by atoms with E-state index in [2.05, 4.69) is 138 Å². The third-order valence-corrected chi connectivity index (χ3v) is 13.1. The average molecular weight is 771 g/mol. The molecule has 4 aromatic heterocycles. The molecule has 0 N–H and O–H groups in total. The van der Waals surface area contributed by atoms with Crippen LogP contribution < -0.4 is 0 Å². The number of hydrogen-bond donors (Lipinski definition) is 0. The van der Waals surface area contributed by atoms with Gasteiger partial charge in [-0.3, -0.25) is 0 Å². The van der Waals surface area contributed by atoms with Crippen LogP contribution in [0.15, 0.2) is 186 Å². The molecule has 6 heteroatoms. The van der Waals surface area contributed by atoms with Crippen molar-refractivity contribution in [1.82, 2.24) is 19.5 Å². The van der Waals surface area contributed by atoms with Crippen molar-refractivity contribution in [2.75, 3.05) is 0 Å². The highest BCUT2D eigenvalue weighted by molar-refractivity contribution is 7.27. The quantitative estimate of drug-likeness (QED) is 0.179. The van der Waals surface area contributed by atoms with Crippen LogP contribution in [0.2, 0.25) is 0 Å². The number of thiophene rings is 1. The number of benzene rings is 9. The lowest BCUT2D eigenvalue weighted by Crippen LogP contribution is -2.01. The molecule has 59 heavy (non-hydrogen) atoms. The van der Waals surface area contributed by atoms with Crippen LogP contribution in [0.5, 0.6) is 0 Å².